The van der Waals surface area contributed by atoms with Crippen LogP contribution in [0.25, 0.3) is 0 Å². The summed E-state index contributed by atoms with van der Waals surface area (Å²) in [5.41, 5.74) is 5.88. The number of nitrogens with two attached hydrogens (primary N) is 1. The largest absolute Gasteiger partial charge is 0.382 e. The van der Waals surface area contributed by atoms with Crippen molar-refractivity contribution in [3.8, 4) is 0 Å². The molecular formula is C11H19N5S. The van der Waals surface area contributed by atoms with E-state index in [2.05, 4.69) is 23.1 Å². The van der Waals surface area contributed by atoms with Gasteiger partial charge >= 0.3 is 0 Å². The van der Waals surface area contributed by atoms with Crippen LogP contribution in [0, 0.1) is 5.41 Å². The van der Waals surface area contributed by atoms with E-state index in [4.69, 9.17) is 11.1 Å². The summed E-state index contributed by atoms with van der Waals surface area (Å²) in [6.07, 6.45) is 4.81. The molecule has 17 heavy (non-hydrogen) atoms. The molecule has 1 aromatic heterocycles. The highest BCUT2D eigenvalue weighted by atomic mass is 32.2. The molecule has 1 heterocycles. The normalized spacial score (nSPS) is 12.2. The van der Waals surface area contributed by atoms with Gasteiger partial charge in [0.1, 0.15) is 11.5 Å². The molecule has 0 aromatic carbocycles. The zero-order valence-corrected chi connectivity index (χ0v) is 11.3. The monoisotopic (exact) mass is 253 g/mol. The Morgan fingerprint density at radius 3 is 2.94 bits per heavy atom. The van der Waals surface area contributed by atoms with E-state index in [0.717, 1.165) is 12.2 Å². The number of nitrogens with zero attached hydrogens (tertiary/aromatic N) is 3. The lowest BCUT2D eigenvalue weighted by molar-refractivity contribution is 0.653. The minimum Gasteiger partial charge on any atom is -0.382 e. The molecule has 1 aromatic rings. The molecule has 0 amide bonds. The Bertz CT molecular complexity index is 382. The lowest BCUT2D eigenvalue weighted by Crippen LogP contribution is -2.31. The number of amidine groups is 1. The molecule has 0 aliphatic rings. The summed E-state index contributed by atoms with van der Waals surface area (Å²) in [7, 11) is 1.96. The molecule has 1 unspecified atom stereocenters. The van der Waals surface area contributed by atoms with Gasteiger partial charge in [-0.2, -0.15) is 11.8 Å². The van der Waals surface area contributed by atoms with Crippen molar-refractivity contribution in [1.29, 1.82) is 5.41 Å². The topological polar surface area (TPSA) is 78.9 Å². The molecule has 0 radical (unpaired) electrons. The van der Waals surface area contributed by atoms with E-state index in [0.29, 0.717) is 17.7 Å². The Hall–Kier alpha value is -1.30. The minimum atomic E-state index is -0.0289. The predicted molar refractivity (Wildman–Crippen MR) is 73.9 cm³/mol. The van der Waals surface area contributed by atoms with Gasteiger partial charge < -0.3 is 10.6 Å². The van der Waals surface area contributed by atoms with Gasteiger partial charge in [-0.1, -0.05) is 0 Å². The number of nitrogens with one attached hydrogen (secondary N) is 1. The van der Waals surface area contributed by atoms with E-state index in [-0.39, 0.29) is 5.84 Å². The standard InChI is InChI=1S/C11H19N5S/c1-8(5-7-17-3)16(2)11-14-6-4-9(15-11)10(12)13/h4,6,8H,5,7H2,1-3H3,(H3,12,13). The van der Waals surface area contributed by atoms with Crippen molar-refractivity contribution in [2.75, 3.05) is 24.0 Å². The van der Waals surface area contributed by atoms with Crippen molar-refractivity contribution in [1.82, 2.24) is 9.97 Å². The molecule has 0 aliphatic carbocycles. The van der Waals surface area contributed by atoms with Crippen LogP contribution < -0.4 is 10.6 Å². The van der Waals surface area contributed by atoms with Gasteiger partial charge in [0.25, 0.3) is 0 Å². The van der Waals surface area contributed by atoms with Gasteiger partial charge in [0.05, 0.1) is 0 Å². The SMILES string of the molecule is CSCCC(C)N(C)c1nccc(C(=N)N)n1. The van der Waals surface area contributed by atoms with E-state index in [1.165, 1.54) is 0 Å². The summed E-state index contributed by atoms with van der Waals surface area (Å²) in [6.45, 7) is 2.14. The Morgan fingerprint density at radius 2 is 2.35 bits per heavy atom. The van der Waals surface area contributed by atoms with Gasteiger partial charge in [0.2, 0.25) is 5.95 Å². The third-order valence-corrected chi connectivity index (χ3v) is 3.28. The molecule has 94 valence electrons. The number of hydrogen-bond donors (Lipinski definition) is 2. The molecule has 6 heteroatoms. The maximum Gasteiger partial charge on any atom is 0.225 e. The molecule has 0 fully saturated rings. The Kier molecular flexibility index (Phi) is 5.21. The smallest absolute Gasteiger partial charge is 0.225 e. The van der Waals surface area contributed by atoms with Gasteiger partial charge in [0, 0.05) is 19.3 Å². The highest BCUT2D eigenvalue weighted by molar-refractivity contribution is 7.98. The van der Waals surface area contributed by atoms with Crippen LogP contribution in [0.15, 0.2) is 12.3 Å². The Labute approximate surface area is 106 Å². The van der Waals surface area contributed by atoms with Gasteiger partial charge in [-0.05, 0) is 31.4 Å². The third-order valence-electron chi connectivity index (χ3n) is 2.64. The zero-order valence-electron chi connectivity index (χ0n) is 10.5. The highest BCUT2D eigenvalue weighted by Crippen LogP contribution is 2.12. The van der Waals surface area contributed by atoms with Crippen LogP contribution in [-0.2, 0) is 0 Å². The number of rotatable bonds is 6. The molecular weight excluding hydrogens is 234 g/mol. The summed E-state index contributed by atoms with van der Waals surface area (Å²) in [5.74, 6) is 1.70. The van der Waals surface area contributed by atoms with Gasteiger partial charge in [0.15, 0.2) is 0 Å². The summed E-state index contributed by atoms with van der Waals surface area (Å²) >= 11 is 1.83. The number of aromatic nitrogens is 2. The maximum absolute atomic E-state index is 7.36. The summed E-state index contributed by atoms with van der Waals surface area (Å²) in [4.78, 5) is 10.5. The Balaban J connectivity index is 2.77. The van der Waals surface area contributed by atoms with Crippen molar-refractivity contribution < 1.29 is 0 Å². The van der Waals surface area contributed by atoms with E-state index in [9.17, 15) is 0 Å². The summed E-state index contributed by atoms with van der Waals surface area (Å²) < 4.78 is 0. The first-order chi connectivity index (χ1) is 8.06. The average Bonchev–Trinajstić information content (AvgIpc) is 2.35. The molecule has 0 saturated carbocycles. The fourth-order valence-corrected chi connectivity index (χ4v) is 1.92. The average molecular weight is 253 g/mol. The molecule has 1 rings (SSSR count). The second kappa shape index (κ2) is 6.44. The maximum atomic E-state index is 7.36. The van der Waals surface area contributed by atoms with Crippen molar-refractivity contribution in [2.24, 2.45) is 5.73 Å². The van der Waals surface area contributed by atoms with Crippen molar-refractivity contribution in [2.45, 2.75) is 19.4 Å². The third kappa shape index (κ3) is 3.89. The fraction of sp³-hybridized carbons (Fsp3) is 0.545. The quantitative estimate of drug-likeness (QED) is 0.591. The summed E-state index contributed by atoms with van der Waals surface area (Å²) in [6, 6.07) is 2.01. The first-order valence-corrected chi connectivity index (χ1v) is 6.85. The van der Waals surface area contributed by atoms with Crippen LogP contribution in [0.3, 0.4) is 0 Å². The zero-order chi connectivity index (χ0) is 12.8. The van der Waals surface area contributed by atoms with Crippen LogP contribution in [0.1, 0.15) is 19.0 Å². The van der Waals surface area contributed by atoms with Gasteiger partial charge in [-0.15, -0.1) is 0 Å². The van der Waals surface area contributed by atoms with Crippen LogP contribution in [-0.4, -0.2) is 40.9 Å². The second-order valence-corrected chi connectivity index (χ2v) is 4.88. The van der Waals surface area contributed by atoms with Gasteiger partial charge in [-0.3, -0.25) is 5.41 Å². The van der Waals surface area contributed by atoms with E-state index >= 15 is 0 Å². The minimum absolute atomic E-state index is 0.0289. The molecule has 0 bridgehead atoms. The number of thioether (sulfide) groups is 1. The predicted octanol–water partition coefficient (Wildman–Crippen LogP) is 1.34. The molecule has 0 aliphatic heterocycles. The van der Waals surface area contributed by atoms with Crippen molar-refractivity contribution in [3.05, 3.63) is 18.0 Å². The number of hydrogen-bond acceptors (Lipinski definition) is 5. The van der Waals surface area contributed by atoms with E-state index in [1.807, 2.05) is 23.7 Å². The lowest BCUT2D eigenvalue weighted by atomic mass is 10.2. The number of anilines is 1. The highest BCUT2D eigenvalue weighted by Gasteiger charge is 2.13. The van der Waals surface area contributed by atoms with E-state index in [1.54, 1.807) is 12.3 Å². The molecule has 0 saturated heterocycles. The van der Waals surface area contributed by atoms with Crippen LogP contribution in [0.2, 0.25) is 0 Å². The molecule has 3 N–H and O–H groups in total. The van der Waals surface area contributed by atoms with Gasteiger partial charge in [-0.25, -0.2) is 9.97 Å². The van der Waals surface area contributed by atoms with Crippen LogP contribution >= 0.6 is 11.8 Å². The second-order valence-electron chi connectivity index (χ2n) is 3.90. The first-order valence-electron chi connectivity index (χ1n) is 5.45. The van der Waals surface area contributed by atoms with Crippen LogP contribution in [0.4, 0.5) is 5.95 Å². The fourth-order valence-electron chi connectivity index (χ4n) is 1.35. The van der Waals surface area contributed by atoms with Crippen molar-refractivity contribution >= 4 is 23.5 Å². The molecule has 5 nitrogen and oxygen atoms in total. The van der Waals surface area contributed by atoms with Crippen LogP contribution in [0.5, 0.6) is 0 Å². The Morgan fingerprint density at radius 1 is 1.65 bits per heavy atom. The summed E-state index contributed by atoms with van der Waals surface area (Å²) in [5, 5.41) is 7.36. The first kappa shape index (κ1) is 13.8. The molecule has 0 spiro atoms. The van der Waals surface area contributed by atoms with Crippen molar-refractivity contribution in [3.63, 3.8) is 0 Å². The number of nitrogen functional groups attached to an aromatic ring is 1. The molecule has 1 atom stereocenters. The van der Waals surface area contributed by atoms with E-state index < -0.39 is 0 Å². The lowest BCUT2D eigenvalue weighted by Gasteiger charge is -2.24.